The highest BCUT2D eigenvalue weighted by Crippen LogP contribution is 2.32. The van der Waals surface area contributed by atoms with Crippen molar-refractivity contribution in [1.29, 1.82) is 0 Å². The highest BCUT2D eigenvalue weighted by atomic mass is 79.9. The summed E-state index contributed by atoms with van der Waals surface area (Å²) >= 11 is 13.7. The fraction of sp³-hybridized carbons (Fsp3) is 0.0833. The van der Waals surface area contributed by atoms with E-state index < -0.39 is 5.82 Å². The maximum Gasteiger partial charge on any atom is 0.169 e. The molecule has 0 radical (unpaired) electrons. The molecule has 0 unspecified atom stereocenters. The summed E-state index contributed by atoms with van der Waals surface area (Å²) in [5.74, 6) is -0.571. The van der Waals surface area contributed by atoms with E-state index in [1.807, 2.05) is 0 Å². The number of carbonyl (C=O) groups is 1. The summed E-state index contributed by atoms with van der Waals surface area (Å²) in [5.41, 5.74) is 1.21. The van der Waals surface area contributed by atoms with Gasteiger partial charge in [0.05, 0.1) is 12.6 Å². The van der Waals surface area contributed by atoms with Crippen LogP contribution in [0.4, 0.5) is 4.39 Å². The maximum absolute atomic E-state index is 13.3. The van der Waals surface area contributed by atoms with E-state index in [1.54, 1.807) is 12.1 Å². The number of thiophene rings is 1. The smallest absolute Gasteiger partial charge is 0.169 e. The summed E-state index contributed by atoms with van der Waals surface area (Å²) in [6.45, 7) is 0. The normalized spacial score (nSPS) is 10.7. The predicted octanol–water partition coefficient (Wildman–Crippen LogP) is 5.49. The molecule has 94 valence electrons. The van der Waals surface area contributed by atoms with Crippen molar-refractivity contribution in [3.8, 4) is 0 Å². The van der Waals surface area contributed by atoms with E-state index in [-0.39, 0.29) is 17.2 Å². The fourth-order valence-electron chi connectivity index (χ4n) is 1.46. The number of benzene rings is 1. The Labute approximate surface area is 129 Å². The van der Waals surface area contributed by atoms with Crippen LogP contribution in [-0.4, -0.2) is 5.78 Å². The maximum atomic E-state index is 13.3. The molecule has 2 rings (SSSR count). The fourth-order valence-corrected chi connectivity index (χ4v) is 4.43. The van der Waals surface area contributed by atoms with Crippen LogP contribution in [0.1, 0.15) is 15.9 Å². The van der Waals surface area contributed by atoms with Crippen molar-refractivity contribution in [2.45, 2.75) is 6.42 Å². The quantitative estimate of drug-likeness (QED) is 0.609. The van der Waals surface area contributed by atoms with Gasteiger partial charge in [-0.25, -0.2) is 4.39 Å². The van der Waals surface area contributed by atoms with E-state index in [4.69, 9.17) is 11.6 Å². The molecular weight excluding hydrogens is 406 g/mol. The summed E-state index contributed by atoms with van der Waals surface area (Å²) < 4.78 is 14.9. The Morgan fingerprint density at radius 3 is 2.61 bits per heavy atom. The average molecular weight is 413 g/mol. The Kier molecular flexibility index (Phi) is 4.59. The van der Waals surface area contributed by atoms with Crippen LogP contribution in [0.25, 0.3) is 0 Å². The van der Waals surface area contributed by atoms with E-state index in [0.717, 1.165) is 7.57 Å². The third-order valence-electron chi connectivity index (χ3n) is 2.31. The highest BCUT2D eigenvalue weighted by molar-refractivity contribution is 9.12. The molecule has 0 atom stereocenters. The van der Waals surface area contributed by atoms with Gasteiger partial charge in [-0.05, 0) is 55.6 Å². The molecule has 18 heavy (non-hydrogen) atoms. The van der Waals surface area contributed by atoms with Crippen LogP contribution in [0.5, 0.6) is 0 Å². The predicted molar refractivity (Wildman–Crippen MR) is 79.2 cm³/mol. The molecule has 0 aliphatic heterocycles. The minimum atomic E-state index is -0.507. The SMILES string of the molecule is O=C(Cc1ccc(Cl)c(F)c1)c1cc(Br)sc1Br. The lowest BCUT2D eigenvalue weighted by Gasteiger charge is -2.01. The number of halogens is 4. The van der Waals surface area contributed by atoms with Gasteiger partial charge >= 0.3 is 0 Å². The van der Waals surface area contributed by atoms with Crippen LogP contribution >= 0.6 is 54.8 Å². The molecule has 0 fully saturated rings. The number of Topliss-reactive ketones (excluding diaryl/α,β-unsaturated/α-hetero) is 1. The largest absolute Gasteiger partial charge is 0.294 e. The molecule has 1 nitrogen and oxygen atoms in total. The van der Waals surface area contributed by atoms with E-state index in [2.05, 4.69) is 31.9 Å². The van der Waals surface area contributed by atoms with Gasteiger partial charge in [-0.1, -0.05) is 17.7 Å². The lowest BCUT2D eigenvalue weighted by molar-refractivity contribution is 0.0992. The first-order valence-electron chi connectivity index (χ1n) is 4.89. The molecule has 0 amide bonds. The van der Waals surface area contributed by atoms with Crippen molar-refractivity contribution >= 4 is 60.6 Å². The van der Waals surface area contributed by atoms with E-state index in [1.165, 1.54) is 23.5 Å². The summed E-state index contributed by atoms with van der Waals surface area (Å²) in [4.78, 5) is 12.0. The third kappa shape index (κ3) is 3.20. The minimum absolute atomic E-state index is 0.0608. The molecule has 0 saturated carbocycles. The van der Waals surface area contributed by atoms with Crippen LogP contribution in [0, 0.1) is 5.82 Å². The Bertz CT molecular complexity index is 612. The molecule has 0 spiro atoms. The summed E-state index contributed by atoms with van der Waals surface area (Å²) in [6.07, 6.45) is 0.149. The third-order valence-corrected chi connectivity index (χ3v) is 4.95. The van der Waals surface area contributed by atoms with E-state index >= 15 is 0 Å². The molecule has 1 aromatic heterocycles. The van der Waals surface area contributed by atoms with Crippen molar-refractivity contribution < 1.29 is 9.18 Å². The summed E-state index contributed by atoms with van der Waals surface area (Å²) in [5, 5.41) is 0.0608. The lowest BCUT2D eigenvalue weighted by Crippen LogP contribution is -2.03. The van der Waals surface area contributed by atoms with Crippen molar-refractivity contribution in [2.75, 3.05) is 0 Å². The molecule has 0 aliphatic carbocycles. The topological polar surface area (TPSA) is 17.1 Å². The zero-order valence-corrected chi connectivity index (χ0v) is 13.6. The average Bonchev–Trinajstić information content (AvgIpc) is 2.63. The van der Waals surface area contributed by atoms with Crippen LogP contribution in [0.3, 0.4) is 0 Å². The van der Waals surface area contributed by atoms with Gasteiger partial charge in [-0.3, -0.25) is 4.79 Å². The zero-order chi connectivity index (χ0) is 13.3. The lowest BCUT2D eigenvalue weighted by atomic mass is 10.1. The van der Waals surface area contributed by atoms with Gasteiger partial charge in [0.25, 0.3) is 0 Å². The van der Waals surface area contributed by atoms with Crippen LogP contribution in [0.15, 0.2) is 31.8 Å². The van der Waals surface area contributed by atoms with E-state index in [9.17, 15) is 9.18 Å². The molecule has 0 bridgehead atoms. The number of ketones is 1. The first-order chi connectivity index (χ1) is 8.47. The molecule has 0 aliphatic rings. The van der Waals surface area contributed by atoms with Gasteiger partial charge < -0.3 is 0 Å². The van der Waals surface area contributed by atoms with Crippen LogP contribution in [-0.2, 0) is 6.42 Å². The van der Waals surface area contributed by atoms with Gasteiger partial charge in [-0.2, -0.15) is 0 Å². The Hall–Kier alpha value is -0.230. The number of hydrogen-bond acceptors (Lipinski definition) is 2. The Balaban J connectivity index is 2.21. The van der Waals surface area contributed by atoms with Crippen molar-refractivity contribution in [3.05, 3.63) is 53.8 Å². The first-order valence-corrected chi connectivity index (χ1v) is 7.67. The number of hydrogen-bond donors (Lipinski definition) is 0. The second-order valence-corrected chi connectivity index (χ2v) is 7.74. The second kappa shape index (κ2) is 5.82. The van der Waals surface area contributed by atoms with E-state index in [0.29, 0.717) is 11.1 Å². The molecule has 1 aromatic carbocycles. The zero-order valence-electron chi connectivity index (χ0n) is 8.84. The number of carbonyl (C=O) groups excluding carboxylic acids is 1. The minimum Gasteiger partial charge on any atom is -0.294 e. The molecule has 0 N–H and O–H groups in total. The second-order valence-electron chi connectivity index (χ2n) is 3.59. The van der Waals surface area contributed by atoms with Gasteiger partial charge in [0.2, 0.25) is 0 Å². The Morgan fingerprint density at radius 2 is 2.06 bits per heavy atom. The molecule has 1 heterocycles. The van der Waals surface area contributed by atoms with Gasteiger partial charge in [0.15, 0.2) is 5.78 Å². The van der Waals surface area contributed by atoms with Gasteiger partial charge in [0.1, 0.15) is 5.82 Å². The molecule has 0 saturated heterocycles. The van der Waals surface area contributed by atoms with Gasteiger partial charge in [0, 0.05) is 12.0 Å². The number of rotatable bonds is 3. The van der Waals surface area contributed by atoms with Crippen molar-refractivity contribution in [3.63, 3.8) is 0 Å². The Morgan fingerprint density at radius 1 is 1.33 bits per heavy atom. The highest BCUT2D eigenvalue weighted by Gasteiger charge is 2.14. The summed E-state index contributed by atoms with van der Waals surface area (Å²) in [6, 6.07) is 6.15. The first kappa shape index (κ1) is 14.2. The summed E-state index contributed by atoms with van der Waals surface area (Å²) in [7, 11) is 0. The molecular formula is C12H6Br2ClFOS. The van der Waals surface area contributed by atoms with Crippen LogP contribution in [0.2, 0.25) is 5.02 Å². The monoisotopic (exact) mass is 410 g/mol. The molecule has 2 aromatic rings. The van der Waals surface area contributed by atoms with Crippen molar-refractivity contribution in [1.82, 2.24) is 0 Å². The van der Waals surface area contributed by atoms with Gasteiger partial charge in [-0.15, -0.1) is 11.3 Å². The van der Waals surface area contributed by atoms with Crippen molar-refractivity contribution in [2.24, 2.45) is 0 Å². The molecule has 6 heteroatoms. The standard InChI is InChI=1S/C12H6Br2ClFOS/c13-11-5-7(12(14)18-11)10(17)4-6-1-2-8(15)9(16)3-6/h1-3,5H,4H2. The van der Waals surface area contributed by atoms with Crippen LogP contribution < -0.4 is 0 Å².